The van der Waals surface area contributed by atoms with Crippen molar-refractivity contribution < 1.29 is 19.5 Å². The summed E-state index contributed by atoms with van der Waals surface area (Å²) in [5, 5.41) is 15.4. The lowest BCUT2D eigenvalue weighted by Crippen LogP contribution is -2.32. The van der Waals surface area contributed by atoms with Gasteiger partial charge in [-0.25, -0.2) is 10.2 Å². The highest BCUT2D eigenvalue weighted by Gasteiger charge is 2.13. The molecule has 3 N–H and O–H groups in total. The summed E-state index contributed by atoms with van der Waals surface area (Å²) in [6.45, 7) is 0. The zero-order valence-electron chi connectivity index (χ0n) is 17.5. The predicted octanol–water partition coefficient (Wildman–Crippen LogP) is 3.86. The molecule has 2 amide bonds. The van der Waals surface area contributed by atoms with Crippen LogP contribution >= 0.6 is 0 Å². The first-order valence-electron chi connectivity index (χ1n) is 9.99. The fraction of sp³-hybridized carbons (Fsp3) is 0. The Labute approximate surface area is 190 Å². The van der Waals surface area contributed by atoms with E-state index in [1.54, 1.807) is 54.6 Å². The fourth-order valence-corrected chi connectivity index (χ4v) is 2.72. The van der Waals surface area contributed by atoms with Crippen molar-refractivity contribution >= 4 is 30.1 Å². The summed E-state index contributed by atoms with van der Waals surface area (Å²) < 4.78 is 0. The van der Waals surface area contributed by atoms with Gasteiger partial charge in [0, 0.05) is 5.56 Å². The number of benzene rings is 3. The first-order chi connectivity index (χ1) is 16.0. The molecule has 0 radical (unpaired) electrons. The van der Waals surface area contributed by atoms with Crippen LogP contribution in [0.3, 0.4) is 0 Å². The van der Waals surface area contributed by atoms with Gasteiger partial charge in [-0.1, -0.05) is 72.8 Å². The maximum absolute atomic E-state index is 12.7. The Morgan fingerprint density at radius 2 is 1.39 bits per heavy atom. The van der Waals surface area contributed by atoms with Crippen molar-refractivity contribution in [3.05, 3.63) is 125 Å². The van der Waals surface area contributed by atoms with Crippen molar-refractivity contribution in [1.29, 1.82) is 0 Å². The number of rotatable bonds is 8. The molecule has 7 heteroatoms. The average Bonchev–Trinajstić information content (AvgIpc) is 2.84. The van der Waals surface area contributed by atoms with E-state index in [4.69, 9.17) is 5.11 Å². The molecule has 0 atom stereocenters. The van der Waals surface area contributed by atoms with E-state index in [1.165, 1.54) is 24.4 Å². The topological polar surface area (TPSA) is 108 Å². The maximum Gasteiger partial charge on any atom is 0.335 e. The number of amides is 2. The van der Waals surface area contributed by atoms with Crippen LogP contribution in [-0.4, -0.2) is 29.1 Å². The van der Waals surface area contributed by atoms with E-state index in [-0.39, 0.29) is 11.3 Å². The number of carboxylic acid groups (broad SMARTS) is 1. The molecule has 0 aliphatic rings. The molecule has 0 unspecified atom stereocenters. The summed E-state index contributed by atoms with van der Waals surface area (Å²) in [6.07, 6.45) is 6.32. The molecule has 7 nitrogen and oxygen atoms in total. The van der Waals surface area contributed by atoms with Crippen LogP contribution in [0.25, 0.3) is 6.08 Å². The van der Waals surface area contributed by atoms with E-state index in [0.717, 1.165) is 5.56 Å². The van der Waals surface area contributed by atoms with Crippen LogP contribution in [0.4, 0.5) is 0 Å². The number of carbonyl (C=O) groups excluding carboxylic acids is 2. The summed E-state index contributed by atoms with van der Waals surface area (Å²) in [6, 6.07) is 24.0. The largest absolute Gasteiger partial charge is 0.478 e. The molecule has 3 aromatic rings. The average molecular weight is 439 g/mol. The van der Waals surface area contributed by atoms with Gasteiger partial charge in [-0.2, -0.15) is 5.10 Å². The Morgan fingerprint density at radius 3 is 2.03 bits per heavy atom. The molecule has 3 aromatic carbocycles. The van der Waals surface area contributed by atoms with Crippen LogP contribution in [0.15, 0.2) is 108 Å². The van der Waals surface area contributed by atoms with E-state index in [1.807, 2.05) is 30.3 Å². The smallest absolute Gasteiger partial charge is 0.335 e. The Morgan fingerprint density at radius 1 is 0.758 bits per heavy atom. The minimum absolute atomic E-state index is 0.00871. The van der Waals surface area contributed by atoms with Crippen molar-refractivity contribution in [3.63, 3.8) is 0 Å². The van der Waals surface area contributed by atoms with Crippen LogP contribution in [0.2, 0.25) is 0 Å². The van der Waals surface area contributed by atoms with Crippen molar-refractivity contribution in [2.75, 3.05) is 0 Å². The summed E-state index contributed by atoms with van der Waals surface area (Å²) >= 11 is 0. The van der Waals surface area contributed by atoms with Gasteiger partial charge in [-0.15, -0.1) is 0 Å². The quantitative estimate of drug-likeness (QED) is 0.214. The van der Waals surface area contributed by atoms with Crippen LogP contribution in [-0.2, 0) is 4.79 Å². The minimum Gasteiger partial charge on any atom is -0.478 e. The summed E-state index contributed by atoms with van der Waals surface area (Å²) in [4.78, 5) is 36.1. The van der Waals surface area contributed by atoms with Crippen LogP contribution in [0, 0.1) is 0 Å². The molecule has 164 valence electrons. The summed E-state index contributed by atoms with van der Waals surface area (Å²) in [7, 11) is 0. The third kappa shape index (κ3) is 7.15. The van der Waals surface area contributed by atoms with Crippen LogP contribution in [0.5, 0.6) is 0 Å². The standard InChI is InChI=1S/C26H21N3O4/c30-24(21-11-5-2-6-12-21)28-23(13-7-10-19-8-3-1-4-9-19)25(31)29-27-18-20-14-16-22(17-15-20)26(32)33/h1-18H,(H,28,30)(H,29,31)(H,32,33)/b10-7+,23-13-,27-18+. The number of aromatic carboxylic acids is 1. The Bertz CT molecular complexity index is 1200. The van der Waals surface area contributed by atoms with Gasteiger partial charge in [-0.05, 0) is 41.5 Å². The monoisotopic (exact) mass is 439 g/mol. The van der Waals surface area contributed by atoms with Gasteiger partial charge in [0.1, 0.15) is 5.70 Å². The normalized spacial score (nSPS) is 11.5. The Hall–Kier alpha value is -4.78. The highest BCUT2D eigenvalue weighted by Crippen LogP contribution is 2.05. The third-order valence-electron chi connectivity index (χ3n) is 4.42. The van der Waals surface area contributed by atoms with Gasteiger partial charge in [0.2, 0.25) is 0 Å². The molecule has 0 aliphatic carbocycles. The molecule has 33 heavy (non-hydrogen) atoms. The first kappa shape index (κ1) is 22.9. The van der Waals surface area contributed by atoms with E-state index in [2.05, 4.69) is 15.8 Å². The second-order valence-electron chi connectivity index (χ2n) is 6.80. The molecule has 0 aliphatic heterocycles. The highest BCUT2D eigenvalue weighted by atomic mass is 16.4. The SMILES string of the molecule is O=C(N/N=C/c1ccc(C(=O)O)cc1)/C(=C/C=C/c1ccccc1)NC(=O)c1ccccc1. The van der Waals surface area contributed by atoms with Crippen molar-refractivity contribution in [3.8, 4) is 0 Å². The van der Waals surface area contributed by atoms with Gasteiger partial charge in [0.05, 0.1) is 11.8 Å². The van der Waals surface area contributed by atoms with Crippen LogP contribution < -0.4 is 10.7 Å². The van der Waals surface area contributed by atoms with Crippen LogP contribution in [0.1, 0.15) is 31.8 Å². The highest BCUT2D eigenvalue weighted by molar-refractivity contribution is 6.03. The van der Waals surface area contributed by atoms with Gasteiger partial charge in [0.25, 0.3) is 11.8 Å². The van der Waals surface area contributed by atoms with Gasteiger partial charge in [-0.3, -0.25) is 9.59 Å². The Balaban J connectivity index is 1.73. The summed E-state index contributed by atoms with van der Waals surface area (Å²) in [5.74, 6) is -2.08. The zero-order valence-corrected chi connectivity index (χ0v) is 17.5. The van der Waals surface area contributed by atoms with Crippen molar-refractivity contribution in [1.82, 2.24) is 10.7 Å². The number of carbonyl (C=O) groups is 3. The van der Waals surface area contributed by atoms with E-state index < -0.39 is 17.8 Å². The van der Waals surface area contributed by atoms with Gasteiger partial charge in [0.15, 0.2) is 0 Å². The second-order valence-corrected chi connectivity index (χ2v) is 6.80. The number of hydrogen-bond donors (Lipinski definition) is 3. The third-order valence-corrected chi connectivity index (χ3v) is 4.42. The minimum atomic E-state index is -1.03. The number of hydrazone groups is 1. The maximum atomic E-state index is 12.7. The van der Waals surface area contributed by atoms with E-state index in [0.29, 0.717) is 11.1 Å². The Kier molecular flexibility index (Phi) is 8.03. The van der Waals surface area contributed by atoms with E-state index in [9.17, 15) is 14.4 Å². The number of nitrogens with zero attached hydrogens (tertiary/aromatic N) is 1. The molecule has 0 fully saturated rings. The number of allylic oxidation sites excluding steroid dienone is 2. The van der Waals surface area contributed by atoms with Gasteiger partial charge < -0.3 is 10.4 Å². The molecule has 3 rings (SSSR count). The molecule has 0 bridgehead atoms. The van der Waals surface area contributed by atoms with Crippen molar-refractivity contribution in [2.24, 2.45) is 5.10 Å². The second kappa shape index (κ2) is 11.6. The molecular formula is C26H21N3O4. The predicted molar refractivity (Wildman–Crippen MR) is 127 cm³/mol. The zero-order chi connectivity index (χ0) is 23.5. The van der Waals surface area contributed by atoms with E-state index >= 15 is 0 Å². The summed E-state index contributed by atoms with van der Waals surface area (Å²) in [5.41, 5.74) is 4.47. The molecular weight excluding hydrogens is 418 g/mol. The number of carboxylic acids is 1. The molecule has 0 spiro atoms. The molecule has 0 saturated heterocycles. The molecule has 0 aromatic heterocycles. The molecule has 0 heterocycles. The lowest BCUT2D eigenvalue weighted by Gasteiger charge is -2.08. The number of hydrogen-bond acceptors (Lipinski definition) is 4. The molecule has 0 saturated carbocycles. The fourth-order valence-electron chi connectivity index (χ4n) is 2.72. The lowest BCUT2D eigenvalue weighted by molar-refractivity contribution is -0.117. The number of nitrogens with one attached hydrogen (secondary N) is 2. The van der Waals surface area contributed by atoms with Crippen molar-refractivity contribution in [2.45, 2.75) is 0 Å². The van der Waals surface area contributed by atoms with Gasteiger partial charge >= 0.3 is 5.97 Å². The lowest BCUT2D eigenvalue weighted by atomic mass is 10.1. The first-order valence-corrected chi connectivity index (χ1v) is 9.99.